The van der Waals surface area contributed by atoms with Gasteiger partial charge >= 0.3 is 0 Å². The summed E-state index contributed by atoms with van der Waals surface area (Å²) in [6, 6.07) is 7.91. The van der Waals surface area contributed by atoms with Crippen molar-refractivity contribution in [3.63, 3.8) is 0 Å². The molecule has 0 aliphatic rings. The van der Waals surface area contributed by atoms with E-state index in [9.17, 15) is 0 Å². The fraction of sp³-hybridized carbons (Fsp3) is 0.300. The van der Waals surface area contributed by atoms with Crippen LogP contribution in [0.15, 0.2) is 18.2 Å². The molecular weight excluding hydrogens is 148 g/mol. The van der Waals surface area contributed by atoms with Crippen molar-refractivity contribution in [3.05, 3.63) is 29.3 Å². The molecule has 12 heavy (non-hydrogen) atoms. The van der Waals surface area contributed by atoms with Gasteiger partial charge in [-0.05, 0) is 24.6 Å². The lowest BCUT2D eigenvalue weighted by Crippen LogP contribution is -2.10. The molecule has 0 N–H and O–H groups in total. The summed E-state index contributed by atoms with van der Waals surface area (Å²) in [4.78, 5) is 2.01. The normalized spacial score (nSPS) is 9.17. The van der Waals surface area contributed by atoms with E-state index in [-0.39, 0.29) is 0 Å². The van der Waals surface area contributed by atoms with E-state index in [4.69, 9.17) is 5.26 Å². The SMILES string of the molecule is Cc1c(C#N)cccc1N(C)C. The lowest BCUT2D eigenvalue weighted by molar-refractivity contribution is 1.11. The summed E-state index contributed by atoms with van der Waals surface area (Å²) in [6.07, 6.45) is 0. The van der Waals surface area contributed by atoms with Crippen LogP contribution in [-0.4, -0.2) is 14.1 Å². The largest absolute Gasteiger partial charge is 0.377 e. The number of anilines is 1. The minimum Gasteiger partial charge on any atom is -0.377 e. The van der Waals surface area contributed by atoms with Gasteiger partial charge in [-0.2, -0.15) is 5.26 Å². The first-order valence-corrected chi connectivity index (χ1v) is 3.84. The molecule has 0 fully saturated rings. The van der Waals surface area contributed by atoms with Crippen molar-refractivity contribution >= 4 is 5.69 Å². The molecule has 1 aromatic carbocycles. The van der Waals surface area contributed by atoms with E-state index in [1.54, 1.807) is 0 Å². The number of nitrogens with zero attached hydrogens (tertiary/aromatic N) is 2. The molecule has 0 spiro atoms. The van der Waals surface area contributed by atoms with Crippen LogP contribution >= 0.6 is 0 Å². The Kier molecular flexibility index (Phi) is 2.35. The fourth-order valence-corrected chi connectivity index (χ4v) is 1.23. The van der Waals surface area contributed by atoms with Crippen molar-refractivity contribution in [2.45, 2.75) is 6.92 Å². The zero-order chi connectivity index (χ0) is 9.14. The average Bonchev–Trinajstić information content (AvgIpc) is 2.04. The number of hydrogen-bond acceptors (Lipinski definition) is 2. The van der Waals surface area contributed by atoms with Gasteiger partial charge in [-0.1, -0.05) is 6.07 Å². The molecule has 0 heterocycles. The molecule has 62 valence electrons. The highest BCUT2D eigenvalue weighted by molar-refractivity contribution is 5.58. The fourth-order valence-electron chi connectivity index (χ4n) is 1.23. The molecule has 0 bridgehead atoms. The Balaban J connectivity index is 3.25. The van der Waals surface area contributed by atoms with Crippen LogP contribution in [0.5, 0.6) is 0 Å². The molecule has 0 aromatic heterocycles. The molecular formula is C10H12N2. The minimum atomic E-state index is 0.751. The first kappa shape index (κ1) is 8.61. The topological polar surface area (TPSA) is 27.0 Å². The Bertz CT molecular complexity index is 321. The van der Waals surface area contributed by atoms with Crippen LogP contribution in [-0.2, 0) is 0 Å². The number of rotatable bonds is 1. The van der Waals surface area contributed by atoms with Crippen LogP contribution in [0, 0.1) is 18.3 Å². The van der Waals surface area contributed by atoms with Crippen molar-refractivity contribution < 1.29 is 0 Å². The molecule has 0 aliphatic heterocycles. The second-order valence-corrected chi connectivity index (χ2v) is 2.96. The third-order valence-electron chi connectivity index (χ3n) is 1.91. The zero-order valence-corrected chi connectivity index (χ0v) is 7.63. The van der Waals surface area contributed by atoms with Crippen LogP contribution in [0.3, 0.4) is 0 Å². The molecule has 1 rings (SSSR count). The lowest BCUT2D eigenvalue weighted by atomic mass is 10.1. The maximum atomic E-state index is 8.76. The number of hydrogen-bond donors (Lipinski definition) is 0. The number of benzene rings is 1. The predicted molar refractivity (Wildman–Crippen MR) is 50.2 cm³/mol. The van der Waals surface area contributed by atoms with E-state index in [1.807, 2.05) is 44.1 Å². The Hall–Kier alpha value is -1.49. The Morgan fingerprint density at radius 1 is 1.33 bits per heavy atom. The summed E-state index contributed by atoms with van der Waals surface area (Å²) in [5.74, 6) is 0. The van der Waals surface area contributed by atoms with E-state index in [0.717, 1.165) is 16.8 Å². The molecule has 0 saturated carbocycles. The van der Waals surface area contributed by atoms with E-state index in [1.165, 1.54) is 0 Å². The molecule has 2 heteroatoms. The first-order valence-electron chi connectivity index (χ1n) is 3.84. The zero-order valence-electron chi connectivity index (χ0n) is 7.63. The lowest BCUT2D eigenvalue weighted by Gasteiger charge is -2.15. The highest BCUT2D eigenvalue weighted by Gasteiger charge is 2.03. The molecule has 0 radical (unpaired) electrons. The van der Waals surface area contributed by atoms with Crippen molar-refractivity contribution in [2.75, 3.05) is 19.0 Å². The average molecular weight is 160 g/mol. The minimum absolute atomic E-state index is 0.751. The highest BCUT2D eigenvalue weighted by Crippen LogP contribution is 2.20. The van der Waals surface area contributed by atoms with Crippen molar-refractivity contribution in [1.82, 2.24) is 0 Å². The standard InChI is InChI=1S/C10H12N2/c1-8-9(7-11)5-4-6-10(8)12(2)3/h4-6H,1-3H3. The smallest absolute Gasteiger partial charge is 0.0995 e. The summed E-state index contributed by atoms with van der Waals surface area (Å²) < 4.78 is 0. The highest BCUT2D eigenvalue weighted by atomic mass is 15.1. The van der Waals surface area contributed by atoms with Gasteiger partial charge in [0.05, 0.1) is 11.6 Å². The van der Waals surface area contributed by atoms with Gasteiger partial charge in [-0.3, -0.25) is 0 Å². The summed E-state index contributed by atoms with van der Waals surface area (Å²) in [7, 11) is 3.95. The molecule has 0 amide bonds. The van der Waals surface area contributed by atoms with Gasteiger partial charge in [0.15, 0.2) is 0 Å². The van der Waals surface area contributed by atoms with Gasteiger partial charge in [0.2, 0.25) is 0 Å². The van der Waals surface area contributed by atoms with Crippen LogP contribution < -0.4 is 4.90 Å². The molecule has 0 aliphatic carbocycles. The third kappa shape index (κ3) is 1.40. The number of nitriles is 1. The van der Waals surface area contributed by atoms with Crippen LogP contribution in [0.1, 0.15) is 11.1 Å². The van der Waals surface area contributed by atoms with Crippen LogP contribution in [0.2, 0.25) is 0 Å². The van der Waals surface area contributed by atoms with Crippen LogP contribution in [0.25, 0.3) is 0 Å². The summed E-state index contributed by atoms with van der Waals surface area (Å²) in [5, 5.41) is 8.76. The van der Waals surface area contributed by atoms with Crippen molar-refractivity contribution in [2.24, 2.45) is 0 Å². The Morgan fingerprint density at radius 2 is 2.00 bits per heavy atom. The maximum absolute atomic E-state index is 8.76. The van der Waals surface area contributed by atoms with Gasteiger partial charge in [-0.25, -0.2) is 0 Å². The van der Waals surface area contributed by atoms with Gasteiger partial charge in [0.25, 0.3) is 0 Å². The van der Waals surface area contributed by atoms with Crippen LogP contribution in [0.4, 0.5) is 5.69 Å². The third-order valence-corrected chi connectivity index (χ3v) is 1.91. The van der Waals surface area contributed by atoms with E-state index < -0.39 is 0 Å². The van der Waals surface area contributed by atoms with Crippen molar-refractivity contribution in [1.29, 1.82) is 5.26 Å². The molecule has 1 aromatic rings. The molecule has 0 unspecified atom stereocenters. The molecule has 0 saturated heterocycles. The maximum Gasteiger partial charge on any atom is 0.0995 e. The van der Waals surface area contributed by atoms with Gasteiger partial charge in [0, 0.05) is 19.8 Å². The molecule has 0 atom stereocenters. The predicted octanol–water partition coefficient (Wildman–Crippen LogP) is 1.93. The van der Waals surface area contributed by atoms with Crippen molar-refractivity contribution in [3.8, 4) is 6.07 Å². The quantitative estimate of drug-likeness (QED) is 0.627. The second-order valence-electron chi connectivity index (χ2n) is 2.96. The van der Waals surface area contributed by atoms with Gasteiger partial charge < -0.3 is 4.90 Å². The molecule has 2 nitrogen and oxygen atoms in total. The summed E-state index contributed by atoms with van der Waals surface area (Å²) >= 11 is 0. The van der Waals surface area contributed by atoms with E-state index in [2.05, 4.69) is 6.07 Å². The monoisotopic (exact) mass is 160 g/mol. The second kappa shape index (κ2) is 3.27. The Labute approximate surface area is 73.0 Å². The van der Waals surface area contributed by atoms with E-state index in [0.29, 0.717) is 0 Å². The van der Waals surface area contributed by atoms with Gasteiger partial charge in [0.1, 0.15) is 0 Å². The summed E-state index contributed by atoms with van der Waals surface area (Å²) in [5.41, 5.74) is 2.90. The van der Waals surface area contributed by atoms with E-state index >= 15 is 0 Å². The first-order chi connectivity index (χ1) is 5.66. The summed E-state index contributed by atoms with van der Waals surface area (Å²) in [6.45, 7) is 1.97. The Morgan fingerprint density at radius 3 is 2.50 bits per heavy atom. The van der Waals surface area contributed by atoms with Gasteiger partial charge in [-0.15, -0.1) is 0 Å².